The van der Waals surface area contributed by atoms with E-state index in [9.17, 15) is 4.39 Å². The van der Waals surface area contributed by atoms with Gasteiger partial charge in [0.15, 0.2) is 0 Å². The van der Waals surface area contributed by atoms with Crippen LogP contribution in [-0.4, -0.2) is 0 Å². The van der Waals surface area contributed by atoms with E-state index in [-0.39, 0.29) is 24.3 Å². The Morgan fingerprint density at radius 3 is 2.47 bits per heavy atom. The van der Waals surface area contributed by atoms with Gasteiger partial charge in [-0.2, -0.15) is 0 Å². The summed E-state index contributed by atoms with van der Waals surface area (Å²) in [5.41, 5.74) is 2.31. The molecule has 2 rings (SSSR count). The lowest BCUT2D eigenvalue weighted by Crippen LogP contribution is -2.18. The zero-order chi connectivity index (χ0) is 13.0. The average Bonchev–Trinajstić information content (AvgIpc) is 2.38. The van der Waals surface area contributed by atoms with Crippen molar-refractivity contribution < 1.29 is 4.39 Å². The fourth-order valence-corrected chi connectivity index (χ4v) is 2.18. The van der Waals surface area contributed by atoms with Crippen LogP contribution in [0.5, 0.6) is 0 Å². The third-order valence-electron chi connectivity index (χ3n) is 2.87. The molecule has 0 bridgehead atoms. The first-order valence-corrected chi connectivity index (χ1v) is 6.68. The molecule has 1 N–H and O–H groups in total. The third kappa shape index (κ3) is 4.94. The monoisotopic (exact) mass is 343 g/mol. The molecule has 4 heteroatoms. The summed E-state index contributed by atoms with van der Waals surface area (Å²) < 4.78 is 13.8. The molecule has 1 nitrogen and oxygen atoms in total. The molecule has 102 valence electrons. The van der Waals surface area contributed by atoms with Gasteiger partial charge in [0.1, 0.15) is 5.82 Å². The van der Waals surface area contributed by atoms with Crippen molar-refractivity contribution in [1.82, 2.24) is 5.32 Å². The van der Waals surface area contributed by atoms with Crippen LogP contribution < -0.4 is 5.32 Å². The molecule has 0 saturated heterocycles. The molecule has 0 aliphatic carbocycles. The predicted molar refractivity (Wildman–Crippen MR) is 83.0 cm³/mol. The highest BCUT2D eigenvalue weighted by Gasteiger charge is 2.05. The molecule has 0 saturated carbocycles. The maximum absolute atomic E-state index is 12.8. The fraction of sp³-hybridized carbons (Fsp3) is 0.200. The molecule has 19 heavy (non-hydrogen) atoms. The molecule has 1 atom stereocenters. The molecule has 0 heterocycles. The van der Waals surface area contributed by atoms with Crippen LogP contribution in [0, 0.1) is 5.82 Å². The summed E-state index contributed by atoms with van der Waals surface area (Å²) in [6.45, 7) is 2.85. The minimum atomic E-state index is -0.196. The third-order valence-corrected chi connectivity index (χ3v) is 3.37. The summed E-state index contributed by atoms with van der Waals surface area (Å²) in [4.78, 5) is 0. The molecular weight excluding hydrogens is 329 g/mol. The van der Waals surface area contributed by atoms with Gasteiger partial charge in [-0.25, -0.2) is 4.39 Å². The van der Waals surface area contributed by atoms with E-state index in [0.29, 0.717) is 0 Å². The highest BCUT2D eigenvalue weighted by atomic mass is 79.9. The zero-order valence-electron chi connectivity index (χ0n) is 10.6. The van der Waals surface area contributed by atoms with E-state index in [2.05, 4.69) is 40.3 Å². The molecule has 0 aliphatic heterocycles. The number of hydrogen-bond donors (Lipinski definition) is 1. The van der Waals surface area contributed by atoms with Crippen LogP contribution in [0.25, 0.3) is 0 Å². The van der Waals surface area contributed by atoms with Gasteiger partial charge >= 0.3 is 0 Å². The number of halogens is 3. The van der Waals surface area contributed by atoms with E-state index in [1.165, 1.54) is 17.7 Å². The molecule has 0 amide bonds. The van der Waals surface area contributed by atoms with Crippen LogP contribution in [0.2, 0.25) is 0 Å². The lowest BCUT2D eigenvalue weighted by molar-refractivity contribution is 0.572. The second-order valence-electron chi connectivity index (χ2n) is 4.28. The molecular formula is C15H16BrClFN. The van der Waals surface area contributed by atoms with Gasteiger partial charge in [0.2, 0.25) is 0 Å². The minimum absolute atomic E-state index is 0. The largest absolute Gasteiger partial charge is 0.306 e. The van der Waals surface area contributed by atoms with E-state index in [1.807, 2.05) is 12.1 Å². The fourth-order valence-electron chi connectivity index (χ4n) is 1.77. The molecule has 0 aliphatic rings. The van der Waals surface area contributed by atoms with E-state index in [4.69, 9.17) is 0 Å². The number of nitrogens with one attached hydrogen (secondary N) is 1. The van der Waals surface area contributed by atoms with Crippen LogP contribution in [-0.2, 0) is 6.54 Å². The van der Waals surface area contributed by atoms with Crippen molar-refractivity contribution in [3.63, 3.8) is 0 Å². The maximum atomic E-state index is 12.8. The van der Waals surface area contributed by atoms with Gasteiger partial charge in [-0.15, -0.1) is 12.4 Å². The number of benzene rings is 2. The van der Waals surface area contributed by atoms with Crippen LogP contribution >= 0.6 is 28.3 Å². The lowest BCUT2D eigenvalue weighted by atomic mass is 10.1. The highest BCUT2D eigenvalue weighted by molar-refractivity contribution is 9.10. The molecule has 0 spiro atoms. The van der Waals surface area contributed by atoms with E-state index >= 15 is 0 Å². The number of rotatable bonds is 4. The summed E-state index contributed by atoms with van der Waals surface area (Å²) in [5, 5.41) is 3.42. The standard InChI is InChI=1S/C15H15BrFN.ClH/c1-11(13-3-2-4-14(16)9-13)18-10-12-5-7-15(17)8-6-12;/h2-9,11,18H,10H2,1H3;1H. The van der Waals surface area contributed by atoms with Crippen molar-refractivity contribution in [3.8, 4) is 0 Å². The molecule has 0 fully saturated rings. The normalized spacial score (nSPS) is 11.7. The lowest BCUT2D eigenvalue weighted by Gasteiger charge is -2.14. The Bertz CT molecular complexity index is 516. The zero-order valence-corrected chi connectivity index (χ0v) is 13.0. The summed E-state index contributed by atoms with van der Waals surface area (Å²) in [7, 11) is 0. The van der Waals surface area contributed by atoms with Crippen molar-refractivity contribution in [2.75, 3.05) is 0 Å². The Balaban J connectivity index is 0.00000180. The quantitative estimate of drug-likeness (QED) is 0.835. The van der Waals surface area contributed by atoms with Gasteiger partial charge in [-0.05, 0) is 42.3 Å². The predicted octanol–water partition coefficient (Wildman–Crippen LogP) is 4.86. The van der Waals surface area contributed by atoms with Crippen LogP contribution in [0.15, 0.2) is 53.0 Å². The Morgan fingerprint density at radius 1 is 1.16 bits per heavy atom. The van der Waals surface area contributed by atoms with Gasteiger partial charge in [0.25, 0.3) is 0 Å². The van der Waals surface area contributed by atoms with Crippen molar-refractivity contribution in [2.24, 2.45) is 0 Å². The molecule has 2 aromatic rings. The van der Waals surface area contributed by atoms with Gasteiger partial charge in [-0.3, -0.25) is 0 Å². The van der Waals surface area contributed by atoms with Gasteiger partial charge in [0.05, 0.1) is 0 Å². The molecule has 0 radical (unpaired) electrons. The van der Waals surface area contributed by atoms with E-state index < -0.39 is 0 Å². The first-order chi connectivity index (χ1) is 8.65. The Kier molecular flexibility index (Phi) is 6.49. The molecule has 0 aromatic heterocycles. The topological polar surface area (TPSA) is 12.0 Å². The smallest absolute Gasteiger partial charge is 0.123 e. The minimum Gasteiger partial charge on any atom is -0.306 e. The van der Waals surface area contributed by atoms with Gasteiger partial charge < -0.3 is 5.32 Å². The van der Waals surface area contributed by atoms with Gasteiger partial charge in [-0.1, -0.05) is 40.2 Å². The van der Waals surface area contributed by atoms with Crippen molar-refractivity contribution >= 4 is 28.3 Å². The second-order valence-corrected chi connectivity index (χ2v) is 5.20. The van der Waals surface area contributed by atoms with Gasteiger partial charge in [0, 0.05) is 17.1 Å². The van der Waals surface area contributed by atoms with E-state index in [1.54, 1.807) is 12.1 Å². The first-order valence-electron chi connectivity index (χ1n) is 5.88. The SMILES string of the molecule is CC(NCc1ccc(F)cc1)c1cccc(Br)c1.Cl. The maximum Gasteiger partial charge on any atom is 0.123 e. The first kappa shape index (κ1) is 16.2. The second kappa shape index (κ2) is 7.63. The Hall–Kier alpha value is -0.900. The van der Waals surface area contributed by atoms with Crippen LogP contribution in [0.3, 0.4) is 0 Å². The van der Waals surface area contributed by atoms with E-state index in [0.717, 1.165) is 16.6 Å². The molecule has 2 aromatic carbocycles. The Morgan fingerprint density at radius 2 is 1.84 bits per heavy atom. The number of hydrogen-bond acceptors (Lipinski definition) is 1. The Labute approximate surface area is 127 Å². The average molecular weight is 345 g/mol. The summed E-state index contributed by atoms with van der Waals surface area (Å²) in [6.07, 6.45) is 0. The molecule has 1 unspecified atom stereocenters. The van der Waals surface area contributed by atoms with Crippen molar-refractivity contribution in [1.29, 1.82) is 0 Å². The van der Waals surface area contributed by atoms with Crippen molar-refractivity contribution in [3.05, 3.63) is 69.9 Å². The summed E-state index contributed by atoms with van der Waals surface area (Å²) in [6, 6.07) is 15.1. The highest BCUT2D eigenvalue weighted by Crippen LogP contribution is 2.18. The van der Waals surface area contributed by atoms with Crippen molar-refractivity contribution in [2.45, 2.75) is 19.5 Å². The van der Waals surface area contributed by atoms with Crippen LogP contribution in [0.4, 0.5) is 4.39 Å². The van der Waals surface area contributed by atoms with Crippen LogP contribution in [0.1, 0.15) is 24.1 Å². The summed E-state index contributed by atoms with van der Waals surface area (Å²) in [5.74, 6) is -0.196. The summed E-state index contributed by atoms with van der Waals surface area (Å²) >= 11 is 3.46.